The van der Waals surface area contributed by atoms with Crippen molar-refractivity contribution in [3.8, 4) is 0 Å². The van der Waals surface area contributed by atoms with Crippen molar-refractivity contribution in [3.63, 3.8) is 0 Å². The van der Waals surface area contributed by atoms with E-state index in [1.807, 2.05) is 30.3 Å². The van der Waals surface area contributed by atoms with Crippen molar-refractivity contribution in [2.24, 2.45) is 11.7 Å². The predicted molar refractivity (Wildman–Crippen MR) is 72.7 cm³/mol. The first kappa shape index (κ1) is 12.5. The zero-order chi connectivity index (χ0) is 12.6. The topological polar surface area (TPSA) is 60.2 Å². The lowest BCUT2D eigenvalue weighted by atomic mass is 10.1. The van der Waals surface area contributed by atoms with Crippen molar-refractivity contribution in [1.82, 2.24) is 0 Å². The van der Waals surface area contributed by atoms with Crippen LogP contribution in [0, 0.1) is 5.92 Å². The smallest absolute Gasteiger partial charge is 0.154 e. The molecular weight excluding hydrogens is 254 g/mol. The van der Waals surface area contributed by atoms with Gasteiger partial charge in [0.25, 0.3) is 0 Å². The van der Waals surface area contributed by atoms with E-state index in [0.29, 0.717) is 4.99 Å². The van der Waals surface area contributed by atoms with Crippen molar-refractivity contribution in [2.45, 2.75) is 18.1 Å². The zero-order valence-corrected chi connectivity index (χ0v) is 11.2. The second kappa shape index (κ2) is 4.38. The molecule has 1 aliphatic carbocycles. The Morgan fingerprint density at radius 1 is 1.35 bits per heavy atom. The van der Waals surface area contributed by atoms with Gasteiger partial charge in [-0.2, -0.15) is 0 Å². The maximum Gasteiger partial charge on any atom is 0.154 e. The van der Waals surface area contributed by atoms with E-state index in [4.69, 9.17) is 18.0 Å². The van der Waals surface area contributed by atoms with Crippen molar-refractivity contribution in [1.29, 1.82) is 0 Å². The van der Waals surface area contributed by atoms with Crippen LogP contribution in [-0.2, 0) is 9.84 Å². The Bertz CT molecular complexity index is 525. The van der Waals surface area contributed by atoms with E-state index in [0.717, 1.165) is 5.56 Å². The summed E-state index contributed by atoms with van der Waals surface area (Å²) in [6, 6.07) is 9.58. The molecule has 0 spiro atoms. The molecule has 3 nitrogen and oxygen atoms in total. The summed E-state index contributed by atoms with van der Waals surface area (Å²) >= 11 is 4.97. The molecule has 0 amide bonds. The van der Waals surface area contributed by atoms with Gasteiger partial charge in [-0.25, -0.2) is 8.42 Å². The average Bonchev–Trinajstić information content (AvgIpc) is 3.06. The zero-order valence-electron chi connectivity index (χ0n) is 9.54. The molecule has 1 aromatic rings. The Hall–Kier alpha value is -0.940. The molecular formula is C12H15NO2S2. The fourth-order valence-electron chi connectivity index (χ4n) is 2.33. The van der Waals surface area contributed by atoms with E-state index in [1.165, 1.54) is 0 Å². The molecule has 2 N–H and O–H groups in total. The third-order valence-corrected chi connectivity index (χ3v) is 5.78. The third kappa shape index (κ3) is 2.21. The van der Waals surface area contributed by atoms with E-state index < -0.39 is 15.1 Å². The SMILES string of the molecule is CCS(=O)(=O)[C@@H]1[C@@H](C(N)=S)[C@H]1c1ccccc1. The van der Waals surface area contributed by atoms with Gasteiger partial charge < -0.3 is 5.73 Å². The summed E-state index contributed by atoms with van der Waals surface area (Å²) in [6.45, 7) is 1.66. The highest BCUT2D eigenvalue weighted by Crippen LogP contribution is 2.52. The summed E-state index contributed by atoms with van der Waals surface area (Å²) < 4.78 is 23.9. The Balaban J connectivity index is 2.34. The number of nitrogens with two attached hydrogens (primary N) is 1. The number of sulfone groups is 1. The standard InChI is InChI=1S/C12H15NO2S2/c1-2-17(14,15)11-9(10(11)12(13)16)8-6-4-3-5-7-8/h3-7,9-11H,2H2,1H3,(H2,13,16)/t9-,10+,11+/m1/s1. The number of thiocarbonyl (C=S) groups is 1. The highest BCUT2D eigenvalue weighted by Gasteiger charge is 2.59. The Labute approximate surface area is 107 Å². The van der Waals surface area contributed by atoms with Gasteiger partial charge in [0.2, 0.25) is 0 Å². The van der Waals surface area contributed by atoms with Gasteiger partial charge in [0.05, 0.1) is 10.2 Å². The molecule has 1 aromatic carbocycles. The van der Waals surface area contributed by atoms with E-state index in [9.17, 15) is 8.42 Å². The molecule has 92 valence electrons. The maximum absolute atomic E-state index is 11.9. The molecule has 17 heavy (non-hydrogen) atoms. The molecule has 1 saturated carbocycles. The summed E-state index contributed by atoms with van der Waals surface area (Å²) in [5.74, 6) is -0.115. The van der Waals surface area contributed by atoms with Crippen LogP contribution in [0.5, 0.6) is 0 Å². The number of hydrogen-bond acceptors (Lipinski definition) is 3. The van der Waals surface area contributed by atoms with Gasteiger partial charge in [0.15, 0.2) is 9.84 Å². The molecule has 1 aliphatic rings. The highest BCUT2D eigenvalue weighted by atomic mass is 32.2. The van der Waals surface area contributed by atoms with E-state index in [2.05, 4.69) is 0 Å². The summed E-state index contributed by atoms with van der Waals surface area (Å²) in [5, 5.41) is -0.424. The monoisotopic (exact) mass is 269 g/mol. The lowest BCUT2D eigenvalue weighted by Crippen LogP contribution is -2.18. The molecule has 3 atom stereocenters. The van der Waals surface area contributed by atoms with Crippen LogP contribution < -0.4 is 5.73 Å². The normalized spacial score (nSPS) is 27.7. The number of rotatable bonds is 4. The van der Waals surface area contributed by atoms with Crippen LogP contribution in [0.4, 0.5) is 0 Å². The van der Waals surface area contributed by atoms with E-state index in [-0.39, 0.29) is 17.6 Å². The van der Waals surface area contributed by atoms with Crippen LogP contribution in [0.15, 0.2) is 30.3 Å². The molecule has 0 unspecified atom stereocenters. The predicted octanol–water partition coefficient (Wildman–Crippen LogP) is 1.49. The van der Waals surface area contributed by atoms with Gasteiger partial charge in [-0.3, -0.25) is 0 Å². The molecule has 0 radical (unpaired) electrons. The van der Waals surface area contributed by atoms with Gasteiger partial charge in [0.1, 0.15) is 0 Å². The van der Waals surface area contributed by atoms with Gasteiger partial charge in [-0.1, -0.05) is 49.5 Å². The summed E-state index contributed by atoms with van der Waals surface area (Å²) in [5.41, 5.74) is 6.64. The first-order chi connectivity index (χ1) is 7.99. The summed E-state index contributed by atoms with van der Waals surface area (Å²) in [7, 11) is -3.08. The quantitative estimate of drug-likeness (QED) is 0.841. The molecule has 0 bridgehead atoms. The van der Waals surface area contributed by atoms with Gasteiger partial charge in [-0.15, -0.1) is 0 Å². The van der Waals surface area contributed by atoms with Crippen molar-refractivity contribution < 1.29 is 8.42 Å². The molecule has 0 heterocycles. The largest absolute Gasteiger partial charge is 0.393 e. The lowest BCUT2D eigenvalue weighted by Gasteiger charge is -1.99. The van der Waals surface area contributed by atoms with Crippen LogP contribution in [0.3, 0.4) is 0 Å². The first-order valence-electron chi connectivity index (χ1n) is 5.55. The van der Waals surface area contributed by atoms with Crippen LogP contribution in [0.1, 0.15) is 18.4 Å². The second-order valence-electron chi connectivity index (χ2n) is 4.28. The molecule has 5 heteroatoms. The minimum Gasteiger partial charge on any atom is -0.393 e. The fraction of sp³-hybridized carbons (Fsp3) is 0.417. The Morgan fingerprint density at radius 3 is 2.41 bits per heavy atom. The lowest BCUT2D eigenvalue weighted by molar-refractivity contribution is 0.594. The fourth-order valence-corrected chi connectivity index (χ4v) is 4.54. The van der Waals surface area contributed by atoms with Crippen LogP contribution in [0.25, 0.3) is 0 Å². The number of benzene rings is 1. The van der Waals surface area contributed by atoms with Gasteiger partial charge in [-0.05, 0) is 5.56 Å². The molecule has 0 aromatic heterocycles. The van der Waals surface area contributed by atoms with Crippen LogP contribution >= 0.6 is 12.2 Å². The van der Waals surface area contributed by atoms with Gasteiger partial charge >= 0.3 is 0 Å². The summed E-state index contributed by atoms with van der Waals surface area (Å²) in [4.78, 5) is 0.306. The Kier molecular flexibility index (Phi) is 3.23. The van der Waals surface area contributed by atoms with Crippen LogP contribution in [-0.4, -0.2) is 24.4 Å². The minimum absolute atomic E-state index is 0.0568. The average molecular weight is 269 g/mol. The molecule has 1 fully saturated rings. The van der Waals surface area contributed by atoms with E-state index in [1.54, 1.807) is 6.92 Å². The third-order valence-electron chi connectivity index (χ3n) is 3.28. The maximum atomic E-state index is 11.9. The van der Waals surface area contributed by atoms with Crippen molar-refractivity contribution in [3.05, 3.63) is 35.9 Å². The molecule has 2 rings (SSSR count). The van der Waals surface area contributed by atoms with Crippen molar-refractivity contribution in [2.75, 3.05) is 5.75 Å². The van der Waals surface area contributed by atoms with Crippen molar-refractivity contribution >= 4 is 27.0 Å². The minimum atomic E-state index is -3.08. The molecule has 0 saturated heterocycles. The van der Waals surface area contributed by atoms with Crippen LogP contribution in [0.2, 0.25) is 0 Å². The molecule has 0 aliphatic heterocycles. The summed E-state index contributed by atoms with van der Waals surface area (Å²) in [6.07, 6.45) is 0. The highest BCUT2D eigenvalue weighted by molar-refractivity contribution is 7.92. The van der Waals surface area contributed by atoms with Gasteiger partial charge in [0, 0.05) is 17.6 Å². The first-order valence-corrected chi connectivity index (χ1v) is 7.67. The second-order valence-corrected chi connectivity index (χ2v) is 7.20. The number of hydrogen-bond donors (Lipinski definition) is 1. The Morgan fingerprint density at radius 2 is 1.94 bits per heavy atom. The van der Waals surface area contributed by atoms with E-state index >= 15 is 0 Å².